The molecule has 0 bridgehead atoms. The van der Waals surface area contributed by atoms with Gasteiger partial charge in [0.1, 0.15) is 0 Å². The first-order valence-electron chi connectivity index (χ1n) is 3.16. The molecule has 0 unspecified atom stereocenters. The lowest BCUT2D eigenvalue weighted by Crippen LogP contribution is -2.20. The van der Waals surface area contributed by atoms with Gasteiger partial charge in [-0.05, 0) is 12.1 Å². The van der Waals surface area contributed by atoms with E-state index in [9.17, 15) is 4.79 Å². The summed E-state index contributed by atoms with van der Waals surface area (Å²) in [6, 6.07) is 5.35. The number of hydrogen-bond donors (Lipinski definition) is 2. The van der Waals surface area contributed by atoms with Crippen LogP contribution in [0.4, 0.5) is 4.79 Å². The highest BCUT2D eigenvalue weighted by molar-refractivity contribution is 5.64. The van der Waals surface area contributed by atoms with E-state index in [0.717, 1.165) is 5.69 Å². The number of amides is 1. The Hall–Kier alpha value is -1.58. The van der Waals surface area contributed by atoms with E-state index in [0.29, 0.717) is 0 Å². The SMILES string of the molecule is O=C(O)NCc1ccccn1. The zero-order valence-electron chi connectivity index (χ0n) is 5.82. The fourth-order valence-electron chi connectivity index (χ4n) is 0.669. The Morgan fingerprint density at radius 3 is 3.00 bits per heavy atom. The summed E-state index contributed by atoms with van der Waals surface area (Å²) in [5.74, 6) is 0. The highest BCUT2D eigenvalue weighted by Crippen LogP contribution is 1.90. The maximum Gasteiger partial charge on any atom is 0.404 e. The summed E-state index contributed by atoms with van der Waals surface area (Å²) in [5, 5.41) is 10.5. The van der Waals surface area contributed by atoms with Gasteiger partial charge in [0.05, 0.1) is 12.2 Å². The van der Waals surface area contributed by atoms with Crippen LogP contribution in [0.2, 0.25) is 0 Å². The molecule has 1 amide bonds. The van der Waals surface area contributed by atoms with Gasteiger partial charge >= 0.3 is 6.09 Å². The van der Waals surface area contributed by atoms with Crippen LogP contribution in [0.25, 0.3) is 0 Å². The molecule has 1 aromatic rings. The minimum absolute atomic E-state index is 0.260. The van der Waals surface area contributed by atoms with E-state index in [1.165, 1.54) is 0 Å². The first-order chi connectivity index (χ1) is 5.29. The number of pyridine rings is 1. The molecule has 0 spiro atoms. The number of hydrogen-bond acceptors (Lipinski definition) is 2. The minimum Gasteiger partial charge on any atom is -0.465 e. The molecule has 2 N–H and O–H groups in total. The molecule has 1 rings (SSSR count). The van der Waals surface area contributed by atoms with Gasteiger partial charge in [-0.3, -0.25) is 4.98 Å². The van der Waals surface area contributed by atoms with Crippen molar-refractivity contribution in [3.63, 3.8) is 0 Å². The standard InChI is InChI=1S/C7H8N2O2/c10-7(11)9-5-6-3-1-2-4-8-6/h1-4,9H,5H2,(H,10,11). The highest BCUT2D eigenvalue weighted by Gasteiger charge is 1.94. The quantitative estimate of drug-likeness (QED) is 0.660. The second-order valence-corrected chi connectivity index (χ2v) is 1.98. The van der Waals surface area contributed by atoms with Crippen molar-refractivity contribution in [3.8, 4) is 0 Å². The second-order valence-electron chi connectivity index (χ2n) is 1.98. The first kappa shape index (κ1) is 7.53. The number of carbonyl (C=O) groups is 1. The summed E-state index contributed by atoms with van der Waals surface area (Å²) in [6.45, 7) is 0.260. The van der Waals surface area contributed by atoms with Crippen LogP contribution in [0.5, 0.6) is 0 Å². The average molecular weight is 152 g/mol. The van der Waals surface area contributed by atoms with E-state index in [1.54, 1.807) is 18.3 Å². The fourth-order valence-corrected chi connectivity index (χ4v) is 0.669. The maximum absolute atomic E-state index is 10.0. The lowest BCUT2D eigenvalue weighted by Gasteiger charge is -1.97. The number of carboxylic acid groups (broad SMARTS) is 1. The molecule has 4 heteroatoms. The van der Waals surface area contributed by atoms with Gasteiger partial charge < -0.3 is 10.4 Å². The fraction of sp³-hybridized carbons (Fsp3) is 0.143. The van der Waals surface area contributed by atoms with Crippen molar-refractivity contribution in [2.45, 2.75) is 6.54 Å². The van der Waals surface area contributed by atoms with Gasteiger partial charge in [0.15, 0.2) is 0 Å². The normalized spacial score (nSPS) is 9.09. The predicted octanol–water partition coefficient (Wildman–Crippen LogP) is 0.849. The Kier molecular flexibility index (Phi) is 2.43. The van der Waals surface area contributed by atoms with Gasteiger partial charge in [0.25, 0.3) is 0 Å². The third-order valence-corrected chi connectivity index (χ3v) is 1.15. The lowest BCUT2D eigenvalue weighted by atomic mass is 10.3. The van der Waals surface area contributed by atoms with Gasteiger partial charge in [-0.1, -0.05) is 6.07 Å². The molecule has 4 nitrogen and oxygen atoms in total. The smallest absolute Gasteiger partial charge is 0.404 e. The second kappa shape index (κ2) is 3.55. The molecule has 0 aromatic carbocycles. The van der Waals surface area contributed by atoms with Gasteiger partial charge in [-0.15, -0.1) is 0 Å². The zero-order chi connectivity index (χ0) is 8.10. The van der Waals surface area contributed by atoms with Crippen molar-refractivity contribution in [1.82, 2.24) is 10.3 Å². The molecule has 58 valence electrons. The molecule has 0 radical (unpaired) electrons. The van der Waals surface area contributed by atoms with Crippen molar-refractivity contribution in [3.05, 3.63) is 30.1 Å². The van der Waals surface area contributed by atoms with Crippen LogP contribution in [0.1, 0.15) is 5.69 Å². The Labute approximate surface area is 63.9 Å². The van der Waals surface area contributed by atoms with Crippen LogP contribution in [-0.4, -0.2) is 16.2 Å². The Balaban J connectivity index is 2.45. The van der Waals surface area contributed by atoms with Crippen LogP contribution in [0, 0.1) is 0 Å². The number of aromatic nitrogens is 1. The number of rotatable bonds is 2. The lowest BCUT2D eigenvalue weighted by molar-refractivity contribution is 0.194. The Bertz CT molecular complexity index is 235. The molecule has 0 saturated heterocycles. The number of nitrogens with zero attached hydrogens (tertiary/aromatic N) is 1. The summed E-state index contributed by atoms with van der Waals surface area (Å²) in [7, 11) is 0. The van der Waals surface area contributed by atoms with Crippen molar-refractivity contribution in [2.24, 2.45) is 0 Å². The van der Waals surface area contributed by atoms with Crippen molar-refractivity contribution >= 4 is 6.09 Å². The highest BCUT2D eigenvalue weighted by atomic mass is 16.4. The molecular weight excluding hydrogens is 144 g/mol. The molecule has 0 saturated carbocycles. The van der Waals surface area contributed by atoms with Crippen LogP contribution in [-0.2, 0) is 6.54 Å². The molecule has 11 heavy (non-hydrogen) atoms. The van der Waals surface area contributed by atoms with E-state index in [-0.39, 0.29) is 6.54 Å². The molecule has 0 fully saturated rings. The minimum atomic E-state index is -1.03. The molecular formula is C7H8N2O2. The van der Waals surface area contributed by atoms with Gasteiger partial charge in [0.2, 0.25) is 0 Å². The van der Waals surface area contributed by atoms with Crippen LogP contribution in [0.15, 0.2) is 24.4 Å². The molecule has 0 aliphatic heterocycles. The molecule has 0 aliphatic rings. The molecule has 1 heterocycles. The summed E-state index contributed by atoms with van der Waals surface area (Å²) >= 11 is 0. The maximum atomic E-state index is 10.0. The van der Waals surface area contributed by atoms with Gasteiger partial charge in [0, 0.05) is 6.20 Å². The summed E-state index contributed by atoms with van der Waals surface area (Å²) in [5.41, 5.74) is 0.718. The van der Waals surface area contributed by atoms with Gasteiger partial charge in [-0.25, -0.2) is 4.79 Å². The molecule has 1 aromatic heterocycles. The van der Waals surface area contributed by atoms with Crippen LogP contribution in [0.3, 0.4) is 0 Å². The predicted molar refractivity (Wildman–Crippen MR) is 39.1 cm³/mol. The number of nitrogens with one attached hydrogen (secondary N) is 1. The van der Waals surface area contributed by atoms with Crippen molar-refractivity contribution in [1.29, 1.82) is 0 Å². The van der Waals surface area contributed by atoms with E-state index in [1.807, 2.05) is 6.07 Å². The Morgan fingerprint density at radius 2 is 2.45 bits per heavy atom. The van der Waals surface area contributed by atoms with E-state index in [2.05, 4.69) is 10.3 Å². The van der Waals surface area contributed by atoms with Crippen molar-refractivity contribution < 1.29 is 9.90 Å². The Morgan fingerprint density at radius 1 is 1.64 bits per heavy atom. The van der Waals surface area contributed by atoms with Gasteiger partial charge in [-0.2, -0.15) is 0 Å². The molecule has 0 aliphatic carbocycles. The van der Waals surface area contributed by atoms with Crippen LogP contribution >= 0.6 is 0 Å². The largest absolute Gasteiger partial charge is 0.465 e. The summed E-state index contributed by atoms with van der Waals surface area (Å²) < 4.78 is 0. The summed E-state index contributed by atoms with van der Waals surface area (Å²) in [4.78, 5) is 14.0. The van der Waals surface area contributed by atoms with Crippen LogP contribution < -0.4 is 5.32 Å². The third kappa shape index (κ3) is 2.66. The van der Waals surface area contributed by atoms with E-state index >= 15 is 0 Å². The van der Waals surface area contributed by atoms with Crippen molar-refractivity contribution in [2.75, 3.05) is 0 Å². The monoisotopic (exact) mass is 152 g/mol. The average Bonchev–Trinajstić information content (AvgIpc) is 2.03. The van der Waals surface area contributed by atoms with E-state index in [4.69, 9.17) is 5.11 Å². The zero-order valence-corrected chi connectivity index (χ0v) is 5.82. The molecule has 0 atom stereocenters. The van der Waals surface area contributed by atoms with E-state index < -0.39 is 6.09 Å². The first-order valence-corrected chi connectivity index (χ1v) is 3.16. The third-order valence-electron chi connectivity index (χ3n) is 1.15. The topological polar surface area (TPSA) is 62.2 Å². The summed E-state index contributed by atoms with van der Waals surface area (Å²) in [6.07, 6.45) is 0.592.